The summed E-state index contributed by atoms with van der Waals surface area (Å²) in [5, 5.41) is 9.96. The summed E-state index contributed by atoms with van der Waals surface area (Å²) in [5.41, 5.74) is 7.80. The van der Waals surface area contributed by atoms with Crippen LogP contribution in [0.2, 0.25) is 0 Å². The normalized spacial score (nSPS) is 10.5. The Hall–Kier alpha value is -1.88. The van der Waals surface area contributed by atoms with Gasteiger partial charge in [-0.25, -0.2) is 4.39 Å². The van der Waals surface area contributed by atoms with Gasteiger partial charge < -0.3 is 11.1 Å². The van der Waals surface area contributed by atoms with Gasteiger partial charge in [-0.1, -0.05) is 18.2 Å². The van der Waals surface area contributed by atoms with E-state index >= 15 is 0 Å². The van der Waals surface area contributed by atoms with Crippen LogP contribution in [0.4, 0.5) is 10.1 Å². The molecule has 0 atom stereocenters. The fraction of sp³-hybridized carbons (Fsp3) is 0.250. The van der Waals surface area contributed by atoms with Crippen molar-refractivity contribution < 1.29 is 4.39 Å². The zero-order valence-electron chi connectivity index (χ0n) is 9.41. The molecule has 90 valence electrons. The zero-order valence-corrected chi connectivity index (χ0v) is 9.41. The maximum absolute atomic E-state index is 13.5. The Balaban J connectivity index is 2.13. The molecule has 2 aromatic rings. The molecule has 0 aliphatic rings. The lowest BCUT2D eigenvalue weighted by atomic mass is 10.1. The van der Waals surface area contributed by atoms with Crippen LogP contribution >= 0.6 is 0 Å². The molecular formula is C12H15FN4. The van der Waals surface area contributed by atoms with E-state index < -0.39 is 0 Å². The lowest BCUT2D eigenvalue weighted by molar-refractivity contribution is 0.613. The van der Waals surface area contributed by atoms with E-state index in [1.54, 1.807) is 18.3 Å². The largest absolute Gasteiger partial charge is 0.381 e. The molecule has 5 heteroatoms. The van der Waals surface area contributed by atoms with Gasteiger partial charge in [-0.2, -0.15) is 5.10 Å². The molecule has 0 fully saturated rings. The minimum absolute atomic E-state index is 0.202. The monoisotopic (exact) mass is 234 g/mol. The van der Waals surface area contributed by atoms with E-state index in [1.165, 1.54) is 6.07 Å². The number of rotatable bonds is 5. The van der Waals surface area contributed by atoms with Gasteiger partial charge in [0, 0.05) is 19.5 Å². The summed E-state index contributed by atoms with van der Waals surface area (Å²) in [5.74, 6) is -0.202. The number of H-pyrrole nitrogens is 1. The van der Waals surface area contributed by atoms with Gasteiger partial charge in [0.25, 0.3) is 0 Å². The molecule has 1 heterocycles. The first-order chi connectivity index (χ1) is 8.31. The molecule has 0 aliphatic carbocycles. The van der Waals surface area contributed by atoms with Crippen molar-refractivity contribution in [1.82, 2.24) is 10.2 Å². The highest BCUT2D eigenvalue weighted by molar-refractivity contribution is 5.47. The van der Waals surface area contributed by atoms with E-state index in [0.29, 0.717) is 25.1 Å². The van der Waals surface area contributed by atoms with E-state index in [4.69, 9.17) is 5.73 Å². The maximum atomic E-state index is 13.5. The Bertz CT molecular complexity index is 481. The van der Waals surface area contributed by atoms with Crippen molar-refractivity contribution in [2.24, 2.45) is 5.73 Å². The molecule has 0 unspecified atom stereocenters. The molecule has 4 N–H and O–H groups in total. The lowest BCUT2D eigenvalue weighted by Gasteiger charge is -2.06. The third-order valence-electron chi connectivity index (χ3n) is 2.50. The Labute approximate surface area is 99.0 Å². The van der Waals surface area contributed by atoms with Crippen LogP contribution in [0.5, 0.6) is 0 Å². The van der Waals surface area contributed by atoms with E-state index in [9.17, 15) is 4.39 Å². The van der Waals surface area contributed by atoms with E-state index in [2.05, 4.69) is 15.5 Å². The third-order valence-corrected chi connectivity index (χ3v) is 2.50. The molecule has 0 radical (unpaired) electrons. The number of nitrogens with zero attached hydrogens (tertiary/aromatic N) is 1. The predicted octanol–water partition coefficient (Wildman–Crippen LogP) is 1.51. The number of aromatic amines is 1. The highest BCUT2D eigenvalue weighted by atomic mass is 19.1. The van der Waals surface area contributed by atoms with Crippen molar-refractivity contribution in [3.8, 4) is 0 Å². The van der Waals surface area contributed by atoms with Gasteiger partial charge in [-0.3, -0.25) is 5.10 Å². The summed E-state index contributed by atoms with van der Waals surface area (Å²) in [4.78, 5) is 0. The molecule has 0 spiro atoms. The van der Waals surface area contributed by atoms with Crippen LogP contribution in [0.15, 0.2) is 30.5 Å². The molecule has 0 amide bonds. The lowest BCUT2D eigenvalue weighted by Crippen LogP contribution is -2.13. The van der Waals surface area contributed by atoms with Crippen molar-refractivity contribution in [2.45, 2.75) is 6.42 Å². The van der Waals surface area contributed by atoms with E-state index in [1.807, 2.05) is 6.07 Å². The second-order valence-corrected chi connectivity index (χ2v) is 3.75. The summed E-state index contributed by atoms with van der Waals surface area (Å²) in [7, 11) is 0. The van der Waals surface area contributed by atoms with Crippen LogP contribution in [-0.2, 0) is 6.42 Å². The van der Waals surface area contributed by atoms with Crippen LogP contribution < -0.4 is 11.1 Å². The van der Waals surface area contributed by atoms with Gasteiger partial charge in [0.15, 0.2) is 0 Å². The molecule has 0 bridgehead atoms. The van der Waals surface area contributed by atoms with Gasteiger partial charge >= 0.3 is 0 Å². The summed E-state index contributed by atoms with van der Waals surface area (Å²) in [6, 6.07) is 6.72. The summed E-state index contributed by atoms with van der Waals surface area (Å²) < 4.78 is 13.5. The number of anilines is 1. The average molecular weight is 234 g/mol. The second kappa shape index (κ2) is 5.45. The van der Waals surface area contributed by atoms with Crippen LogP contribution in [0, 0.1) is 5.82 Å². The Morgan fingerprint density at radius 2 is 2.18 bits per heavy atom. The fourth-order valence-electron chi connectivity index (χ4n) is 1.64. The van der Waals surface area contributed by atoms with Crippen molar-refractivity contribution in [3.05, 3.63) is 47.5 Å². The number of nitrogens with one attached hydrogen (secondary N) is 2. The van der Waals surface area contributed by atoms with Crippen molar-refractivity contribution in [2.75, 3.05) is 18.4 Å². The van der Waals surface area contributed by atoms with Gasteiger partial charge in [0.1, 0.15) is 5.82 Å². The second-order valence-electron chi connectivity index (χ2n) is 3.75. The molecule has 17 heavy (non-hydrogen) atoms. The SMILES string of the molecule is NCCNc1cn[nH]c1Cc1ccccc1F. The number of aromatic nitrogens is 2. The molecule has 0 saturated carbocycles. The molecule has 0 saturated heterocycles. The smallest absolute Gasteiger partial charge is 0.126 e. The quantitative estimate of drug-likeness (QED) is 0.734. The number of hydrogen-bond donors (Lipinski definition) is 3. The molecule has 1 aromatic heterocycles. The van der Waals surface area contributed by atoms with E-state index in [0.717, 1.165) is 11.4 Å². The Morgan fingerprint density at radius 1 is 1.35 bits per heavy atom. The Kier molecular flexibility index (Phi) is 3.72. The average Bonchev–Trinajstić information content (AvgIpc) is 2.77. The topological polar surface area (TPSA) is 66.7 Å². The zero-order chi connectivity index (χ0) is 12.1. The van der Waals surface area contributed by atoms with Crippen molar-refractivity contribution in [3.63, 3.8) is 0 Å². The standard InChI is InChI=1S/C12H15FN4/c13-10-4-2-1-3-9(10)7-11-12(8-16-17-11)15-6-5-14/h1-4,8,15H,5-7,14H2,(H,16,17). The van der Waals surface area contributed by atoms with Gasteiger partial charge in [0.05, 0.1) is 17.6 Å². The highest BCUT2D eigenvalue weighted by Gasteiger charge is 2.08. The molecule has 0 aliphatic heterocycles. The number of hydrogen-bond acceptors (Lipinski definition) is 3. The van der Waals surface area contributed by atoms with E-state index in [-0.39, 0.29) is 5.82 Å². The minimum Gasteiger partial charge on any atom is -0.381 e. The van der Waals surface area contributed by atoms with Crippen molar-refractivity contribution in [1.29, 1.82) is 0 Å². The predicted molar refractivity (Wildman–Crippen MR) is 65.3 cm³/mol. The highest BCUT2D eigenvalue weighted by Crippen LogP contribution is 2.17. The molecule has 2 rings (SSSR count). The van der Waals surface area contributed by atoms with Crippen molar-refractivity contribution >= 4 is 5.69 Å². The number of nitrogens with two attached hydrogens (primary N) is 1. The van der Waals surface area contributed by atoms with Crippen LogP contribution in [0.25, 0.3) is 0 Å². The first-order valence-corrected chi connectivity index (χ1v) is 5.51. The van der Waals surface area contributed by atoms with Gasteiger partial charge in [0.2, 0.25) is 0 Å². The van der Waals surface area contributed by atoms with Crippen LogP contribution in [0.3, 0.4) is 0 Å². The summed E-state index contributed by atoms with van der Waals surface area (Å²) in [6.07, 6.45) is 2.17. The molecule has 1 aromatic carbocycles. The van der Waals surface area contributed by atoms with Crippen LogP contribution in [-0.4, -0.2) is 23.3 Å². The Morgan fingerprint density at radius 3 is 2.94 bits per heavy atom. The first kappa shape index (κ1) is 11.6. The number of halogens is 1. The van der Waals surface area contributed by atoms with Gasteiger partial charge in [-0.15, -0.1) is 0 Å². The third kappa shape index (κ3) is 2.82. The van der Waals surface area contributed by atoms with Gasteiger partial charge in [-0.05, 0) is 11.6 Å². The number of benzene rings is 1. The molecule has 4 nitrogen and oxygen atoms in total. The summed E-state index contributed by atoms with van der Waals surface area (Å²) >= 11 is 0. The first-order valence-electron chi connectivity index (χ1n) is 5.51. The fourth-order valence-corrected chi connectivity index (χ4v) is 1.64. The maximum Gasteiger partial charge on any atom is 0.126 e. The summed E-state index contributed by atoms with van der Waals surface area (Å²) in [6.45, 7) is 1.22. The minimum atomic E-state index is -0.202. The van der Waals surface area contributed by atoms with Crippen LogP contribution in [0.1, 0.15) is 11.3 Å². The molecular weight excluding hydrogens is 219 g/mol.